The molecule has 1 aliphatic carbocycles. The van der Waals surface area contributed by atoms with Crippen LogP contribution >= 0.6 is 0 Å². The number of para-hydroxylation sites is 2. The Kier molecular flexibility index (Phi) is 7.33. The summed E-state index contributed by atoms with van der Waals surface area (Å²) in [6.07, 6.45) is 6.65. The van der Waals surface area contributed by atoms with Crippen molar-refractivity contribution in [3.8, 4) is 0 Å². The molecular weight excluding hydrogens is 498 g/mol. The molecule has 3 heterocycles. The first-order valence-electron chi connectivity index (χ1n) is 13.8. The van der Waals surface area contributed by atoms with Crippen molar-refractivity contribution < 1.29 is 4.79 Å². The number of aromatic amines is 1. The van der Waals surface area contributed by atoms with E-state index in [0.717, 1.165) is 48.2 Å². The fourth-order valence-corrected chi connectivity index (χ4v) is 5.75. The molecular formula is C32H33N7O. The predicted molar refractivity (Wildman–Crippen MR) is 154 cm³/mol. The van der Waals surface area contributed by atoms with Gasteiger partial charge in [-0.25, -0.2) is 15.0 Å². The summed E-state index contributed by atoms with van der Waals surface area (Å²) in [5, 5.41) is 3.05. The van der Waals surface area contributed by atoms with Crippen molar-refractivity contribution in [1.82, 2.24) is 35.1 Å². The molecule has 2 N–H and O–H groups in total. The number of rotatable bonds is 8. The van der Waals surface area contributed by atoms with Gasteiger partial charge in [0, 0.05) is 19.3 Å². The Labute approximate surface area is 233 Å². The van der Waals surface area contributed by atoms with Gasteiger partial charge < -0.3 is 10.3 Å². The second kappa shape index (κ2) is 11.4. The zero-order chi connectivity index (χ0) is 27.5. The maximum Gasteiger partial charge on any atom is 0.255 e. The quantitative estimate of drug-likeness (QED) is 0.279. The van der Waals surface area contributed by atoms with Crippen LogP contribution < -0.4 is 5.32 Å². The number of H-pyrrole nitrogens is 1. The summed E-state index contributed by atoms with van der Waals surface area (Å²) in [5.74, 6) is 0.792. The maximum atomic E-state index is 12.9. The highest BCUT2D eigenvalue weighted by atomic mass is 16.1. The Morgan fingerprint density at radius 3 is 2.65 bits per heavy atom. The summed E-state index contributed by atoms with van der Waals surface area (Å²) in [6, 6.07) is 21.0. The minimum absolute atomic E-state index is 0.155. The van der Waals surface area contributed by atoms with E-state index >= 15 is 0 Å². The van der Waals surface area contributed by atoms with Gasteiger partial charge in [-0.15, -0.1) is 0 Å². The molecule has 1 unspecified atom stereocenters. The van der Waals surface area contributed by atoms with Crippen LogP contribution in [0, 0.1) is 13.8 Å². The molecule has 0 saturated carbocycles. The normalized spacial score (nSPS) is 14.8. The molecule has 0 bridgehead atoms. The number of imidazole rings is 1. The van der Waals surface area contributed by atoms with Gasteiger partial charge in [0.2, 0.25) is 0 Å². The van der Waals surface area contributed by atoms with E-state index in [0.29, 0.717) is 30.0 Å². The number of amides is 1. The topological polar surface area (TPSA) is 99.7 Å². The minimum atomic E-state index is -0.155. The third-order valence-electron chi connectivity index (χ3n) is 7.68. The van der Waals surface area contributed by atoms with E-state index in [4.69, 9.17) is 9.97 Å². The highest BCUT2D eigenvalue weighted by molar-refractivity contribution is 5.96. The van der Waals surface area contributed by atoms with E-state index in [-0.39, 0.29) is 11.9 Å². The second-order valence-corrected chi connectivity index (χ2v) is 10.5. The van der Waals surface area contributed by atoms with E-state index in [2.05, 4.69) is 55.5 Å². The lowest BCUT2D eigenvalue weighted by Crippen LogP contribution is -2.32. The van der Waals surface area contributed by atoms with Crippen LogP contribution in [0.4, 0.5) is 0 Å². The Hall–Kier alpha value is -4.43. The summed E-state index contributed by atoms with van der Waals surface area (Å²) in [5.41, 5.74) is 8.66. The smallest absolute Gasteiger partial charge is 0.255 e. The number of benzene rings is 2. The monoisotopic (exact) mass is 531 g/mol. The molecule has 0 aliphatic heterocycles. The lowest BCUT2D eigenvalue weighted by molar-refractivity contribution is 0.0948. The SMILES string of the molecule is Cc1ncnc(C)c1C(=O)NCc1cccc(CN(Cc2nc3ccccc3[nH]2)C2CCCc3cccnc32)c1. The van der Waals surface area contributed by atoms with Gasteiger partial charge in [-0.1, -0.05) is 42.5 Å². The standard InChI is InChI=1S/C32H33N7O/c1-21-30(22(2)36-20-35-21)32(40)34-17-23-8-5-9-24(16-23)18-39(19-29-37-26-12-3-4-13-27(26)38-29)28-14-6-10-25-11-7-15-33-31(25)28/h3-5,7-9,11-13,15-16,20,28H,6,10,14,17-19H2,1-2H3,(H,34,40)(H,37,38). The zero-order valence-corrected chi connectivity index (χ0v) is 22.9. The van der Waals surface area contributed by atoms with Crippen LogP contribution in [-0.4, -0.2) is 35.7 Å². The van der Waals surface area contributed by atoms with Crippen molar-refractivity contribution in [1.29, 1.82) is 0 Å². The fourth-order valence-electron chi connectivity index (χ4n) is 5.75. The molecule has 0 fully saturated rings. The van der Waals surface area contributed by atoms with Gasteiger partial charge >= 0.3 is 0 Å². The molecule has 6 rings (SSSR count). The van der Waals surface area contributed by atoms with Crippen LogP contribution in [0.25, 0.3) is 11.0 Å². The first kappa shape index (κ1) is 25.8. The van der Waals surface area contributed by atoms with Gasteiger partial charge in [0.1, 0.15) is 12.2 Å². The molecule has 5 aromatic rings. The van der Waals surface area contributed by atoms with Gasteiger partial charge in [0.25, 0.3) is 5.91 Å². The van der Waals surface area contributed by atoms with E-state index < -0.39 is 0 Å². The van der Waals surface area contributed by atoms with E-state index in [1.807, 2.05) is 50.4 Å². The number of aryl methyl sites for hydroxylation is 3. The first-order chi connectivity index (χ1) is 19.5. The number of carbonyl (C=O) groups is 1. The third-order valence-corrected chi connectivity index (χ3v) is 7.68. The Morgan fingerprint density at radius 2 is 1.80 bits per heavy atom. The van der Waals surface area contributed by atoms with E-state index in [9.17, 15) is 4.79 Å². The molecule has 202 valence electrons. The number of nitrogens with zero attached hydrogens (tertiary/aromatic N) is 5. The average Bonchev–Trinajstić information content (AvgIpc) is 3.38. The number of fused-ring (bicyclic) bond motifs is 2. The molecule has 8 heteroatoms. The average molecular weight is 532 g/mol. The largest absolute Gasteiger partial charge is 0.348 e. The molecule has 8 nitrogen and oxygen atoms in total. The molecule has 0 spiro atoms. The van der Waals surface area contributed by atoms with Crippen LogP contribution in [0.1, 0.15) is 68.8 Å². The highest BCUT2D eigenvalue weighted by Gasteiger charge is 2.28. The summed E-state index contributed by atoms with van der Waals surface area (Å²) >= 11 is 0. The van der Waals surface area contributed by atoms with Crippen molar-refractivity contribution >= 4 is 16.9 Å². The van der Waals surface area contributed by atoms with Gasteiger partial charge in [-0.05, 0) is 68.0 Å². The molecule has 0 radical (unpaired) electrons. The van der Waals surface area contributed by atoms with E-state index in [1.165, 1.54) is 23.1 Å². The van der Waals surface area contributed by atoms with Crippen LogP contribution in [0.2, 0.25) is 0 Å². The van der Waals surface area contributed by atoms with Gasteiger partial charge in [-0.2, -0.15) is 0 Å². The molecule has 3 aromatic heterocycles. The van der Waals surface area contributed by atoms with Crippen LogP contribution in [0.3, 0.4) is 0 Å². The van der Waals surface area contributed by atoms with Crippen molar-refractivity contribution in [3.63, 3.8) is 0 Å². The van der Waals surface area contributed by atoms with Crippen LogP contribution in [0.15, 0.2) is 73.2 Å². The number of aromatic nitrogens is 5. The van der Waals surface area contributed by atoms with Crippen molar-refractivity contribution in [2.24, 2.45) is 0 Å². The number of carbonyl (C=O) groups excluding carboxylic acids is 1. The summed E-state index contributed by atoms with van der Waals surface area (Å²) in [7, 11) is 0. The van der Waals surface area contributed by atoms with Crippen LogP contribution in [-0.2, 0) is 26.1 Å². The molecule has 1 atom stereocenters. The van der Waals surface area contributed by atoms with Crippen molar-refractivity contribution in [2.45, 2.75) is 58.8 Å². The van der Waals surface area contributed by atoms with Crippen molar-refractivity contribution in [2.75, 3.05) is 0 Å². The van der Waals surface area contributed by atoms with Gasteiger partial charge in [-0.3, -0.25) is 14.7 Å². The first-order valence-corrected chi connectivity index (χ1v) is 13.8. The summed E-state index contributed by atoms with van der Waals surface area (Å²) in [6.45, 7) is 5.52. The summed E-state index contributed by atoms with van der Waals surface area (Å²) < 4.78 is 0. The van der Waals surface area contributed by atoms with Gasteiger partial charge in [0.15, 0.2) is 0 Å². The number of pyridine rings is 1. The number of hydrogen-bond acceptors (Lipinski definition) is 6. The lowest BCUT2D eigenvalue weighted by Gasteiger charge is -2.34. The second-order valence-electron chi connectivity index (χ2n) is 10.5. The molecule has 2 aromatic carbocycles. The molecule has 1 aliphatic rings. The Morgan fingerprint density at radius 1 is 0.975 bits per heavy atom. The number of hydrogen-bond donors (Lipinski definition) is 2. The molecule has 0 saturated heterocycles. The molecule has 1 amide bonds. The third kappa shape index (κ3) is 5.49. The van der Waals surface area contributed by atoms with E-state index in [1.54, 1.807) is 0 Å². The maximum absolute atomic E-state index is 12.9. The predicted octanol–water partition coefficient (Wildman–Crippen LogP) is 5.37. The molecule has 40 heavy (non-hydrogen) atoms. The Balaban J connectivity index is 1.24. The highest BCUT2D eigenvalue weighted by Crippen LogP contribution is 2.34. The van der Waals surface area contributed by atoms with Crippen LogP contribution in [0.5, 0.6) is 0 Å². The minimum Gasteiger partial charge on any atom is -0.348 e. The fraction of sp³-hybridized carbons (Fsp3) is 0.281. The number of nitrogens with one attached hydrogen (secondary N) is 2. The zero-order valence-electron chi connectivity index (χ0n) is 22.9. The lowest BCUT2D eigenvalue weighted by atomic mass is 9.90. The summed E-state index contributed by atoms with van der Waals surface area (Å²) in [4.78, 5) is 37.0. The van der Waals surface area contributed by atoms with Crippen molar-refractivity contribution in [3.05, 3.63) is 118 Å². The van der Waals surface area contributed by atoms with Gasteiger partial charge in [0.05, 0.1) is 46.3 Å². The Bertz CT molecular complexity index is 1610.